The summed E-state index contributed by atoms with van der Waals surface area (Å²) in [6.07, 6.45) is -0.504. The van der Waals surface area contributed by atoms with Crippen molar-refractivity contribution in [3.05, 3.63) is 131 Å². The SMILES string of the molecule is CC(=O)CNC(=O)C(CC(C)C)NC(=O)C(Cc1ccccc1)NC(=O)CNC(=O)COCCOCCNC(=O)CCC(NC(=O)OCC1c2ccccc2-c2ccccc21)C(=O)NCCOCCOCC(=O)NCC(=O)NC(Cc1ccccc1)C(=O)NC(CC(C)C)C(=O)NCC([O-])=PI. The summed E-state index contributed by atoms with van der Waals surface area (Å²) in [5.74, 6) is -6.12. The van der Waals surface area contributed by atoms with E-state index in [4.69, 9.17) is 23.7 Å². The number of benzene rings is 4. The molecule has 1 aliphatic rings. The van der Waals surface area contributed by atoms with Crippen LogP contribution >= 0.6 is 27.9 Å². The minimum atomic E-state index is -1.22. The summed E-state index contributed by atoms with van der Waals surface area (Å²) in [5, 5.41) is 40.6. The van der Waals surface area contributed by atoms with Crippen LogP contribution in [-0.4, -0.2) is 205 Å². The molecule has 0 aliphatic heterocycles. The van der Waals surface area contributed by atoms with Crippen molar-refractivity contribution in [3.8, 4) is 11.1 Å². The highest BCUT2D eigenvalue weighted by molar-refractivity contribution is 14.2. The molecule has 11 N–H and O–H groups in total. The van der Waals surface area contributed by atoms with E-state index in [1.54, 1.807) is 60.7 Å². The molecule has 0 bridgehead atoms. The highest BCUT2D eigenvalue weighted by Gasteiger charge is 2.32. The molecular formula is C71H94IN11O18P-. The summed E-state index contributed by atoms with van der Waals surface area (Å²) in [6.45, 7) is 6.59. The summed E-state index contributed by atoms with van der Waals surface area (Å²) >= 11 is 1.87. The summed E-state index contributed by atoms with van der Waals surface area (Å²) in [4.78, 5) is 156. The van der Waals surface area contributed by atoms with Gasteiger partial charge in [0.25, 0.3) is 0 Å². The fourth-order valence-electron chi connectivity index (χ4n) is 10.5. The van der Waals surface area contributed by atoms with E-state index in [1.165, 1.54) is 6.92 Å². The second kappa shape index (κ2) is 46.7. The molecule has 0 radical (unpaired) electrons. The van der Waals surface area contributed by atoms with E-state index in [2.05, 4.69) is 58.5 Å². The number of hydrogen-bond donors (Lipinski definition) is 11. The van der Waals surface area contributed by atoms with Gasteiger partial charge < -0.3 is 87.3 Å². The smallest absolute Gasteiger partial charge is 0.407 e. The van der Waals surface area contributed by atoms with Gasteiger partial charge >= 0.3 is 6.09 Å². The lowest BCUT2D eigenvalue weighted by Crippen LogP contribution is -2.56. The van der Waals surface area contributed by atoms with Gasteiger partial charge in [0.1, 0.15) is 55.8 Å². The molecule has 0 aromatic heterocycles. The molecule has 0 spiro atoms. The number of fused-ring (bicyclic) bond motifs is 3. The molecule has 11 amide bonds. The maximum atomic E-state index is 13.6. The molecule has 4 aromatic rings. The lowest BCUT2D eigenvalue weighted by atomic mass is 9.98. The number of ketones is 1. The van der Waals surface area contributed by atoms with E-state index in [9.17, 15) is 62.6 Å². The van der Waals surface area contributed by atoms with Gasteiger partial charge in [-0.05, 0) is 99.3 Å². The van der Waals surface area contributed by atoms with Crippen LogP contribution in [0, 0.1) is 11.8 Å². The number of alkyl carbamates (subject to hydrolysis) is 1. The third kappa shape index (κ3) is 32.5. The van der Waals surface area contributed by atoms with Crippen molar-refractivity contribution >= 4 is 104 Å². The topological polar surface area (TPSA) is 406 Å². The van der Waals surface area contributed by atoms with Crippen LogP contribution in [0.25, 0.3) is 11.1 Å². The zero-order valence-electron chi connectivity index (χ0n) is 58.0. The summed E-state index contributed by atoms with van der Waals surface area (Å²) in [7, 11) is 0. The fourth-order valence-corrected chi connectivity index (χ4v) is 11.1. The van der Waals surface area contributed by atoms with Crippen molar-refractivity contribution in [1.29, 1.82) is 0 Å². The zero-order valence-corrected chi connectivity index (χ0v) is 61.1. The Morgan fingerprint density at radius 2 is 0.873 bits per heavy atom. The van der Waals surface area contributed by atoms with Gasteiger partial charge in [0.05, 0.1) is 59.3 Å². The van der Waals surface area contributed by atoms with Gasteiger partial charge in [-0.15, -0.1) is 5.48 Å². The monoisotopic (exact) mass is 1550 g/mol. The van der Waals surface area contributed by atoms with Crippen LogP contribution in [0.3, 0.4) is 0 Å². The second-order valence-corrected chi connectivity index (χ2v) is 26.8. The molecule has 5 rings (SSSR count). The molecule has 4 aromatic carbocycles. The van der Waals surface area contributed by atoms with Crippen molar-refractivity contribution in [3.63, 3.8) is 0 Å². The van der Waals surface area contributed by atoms with Gasteiger partial charge in [-0.2, -0.15) is 0 Å². The predicted molar refractivity (Wildman–Crippen MR) is 386 cm³/mol. The van der Waals surface area contributed by atoms with E-state index in [0.717, 1.165) is 33.4 Å². The Balaban J connectivity index is 1.01. The van der Waals surface area contributed by atoms with E-state index in [0.29, 0.717) is 5.85 Å². The Morgan fingerprint density at radius 1 is 0.441 bits per heavy atom. The first-order chi connectivity index (χ1) is 49.0. The largest absolute Gasteiger partial charge is 0.825 e. The average Bonchev–Trinajstić information content (AvgIpc) is 1.62. The molecule has 0 fully saturated rings. The second-order valence-electron chi connectivity index (χ2n) is 24.7. The number of halogens is 1. The molecule has 0 saturated carbocycles. The van der Waals surface area contributed by atoms with Gasteiger partial charge in [0.2, 0.25) is 59.1 Å². The third-order valence-corrected chi connectivity index (χ3v) is 17.4. The van der Waals surface area contributed by atoms with Crippen LogP contribution in [0.1, 0.15) is 88.5 Å². The molecule has 31 heteroatoms. The molecule has 29 nitrogen and oxygen atoms in total. The number of rotatable bonds is 47. The van der Waals surface area contributed by atoms with E-state index >= 15 is 0 Å². The van der Waals surface area contributed by atoms with Gasteiger partial charge in [-0.25, -0.2) is 4.79 Å². The molecule has 554 valence electrons. The summed E-state index contributed by atoms with van der Waals surface area (Å²) in [6, 6.07) is 28.0. The van der Waals surface area contributed by atoms with E-state index in [1.807, 2.05) is 98.3 Å². The molecule has 0 saturated heterocycles. The lowest BCUT2D eigenvalue weighted by Gasteiger charge is -2.25. The van der Waals surface area contributed by atoms with Crippen molar-refractivity contribution in [2.24, 2.45) is 11.8 Å². The Kier molecular flexibility index (Phi) is 38.4. The van der Waals surface area contributed by atoms with Gasteiger partial charge in [-0.1, -0.05) is 137 Å². The first-order valence-electron chi connectivity index (χ1n) is 33.7. The van der Waals surface area contributed by atoms with E-state index in [-0.39, 0.29) is 140 Å². The lowest BCUT2D eigenvalue weighted by molar-refractivity contribution is -0.211. The van der Waals surface area contributed by atoms with Crippen LogP contribution in [0.5, 0.6) is 0 Å². The van der Waals surface area contributed by atoms with Crippen LogP contribution in [0.2, 0.25) is 0 Å². The molecular weight excluding hydrogens is 1450 g/mol. The third-order valence-electron chi connectivity index (χ3n) is 15.4. The molecule has 5 unspecified atom stereocenters. The van der Waals surface area contributed by atoms with Gasteiger partial charge in [0, 0.05) is 44.8 Å². The maximum Gasteiger partial charge on any atom is 0.407 e. The average molecular weight is 1550 g/mol. The van der Waals surface area contributed by atoms with Crippen LogP contribution < -0.4 is 63.6 Å². The number of hydrogen-bond acceptors (Lipinski definition) is 18. The van der Waals surface area contributed by atoms with Gasteiger partial charge in [0.15, 0.2) is 0 Å². The highest BCUT2D eigenvalue weighted by atomic mass is 127. The standard InChI is InChI=1S/C71H95IN11O18P/c1-45(2)34-56(67(92)77-38-47(5)84)81-69(94)58(36-48-16-8-6-9-17-48)79-61(86)39-75-63(88)43-99-32-30-97-28-26-73-60(85)25-24-55(83-71(96)101-42-54-52-22-14-12-20-50(52)51-21-13-15-23-53(51)54)66(91)74-27-29-98-31-33-100-44-64(89)76-40-62(87)80-59(37-49-18-10-7-11-19-49)70(95)82-57(35-46(3)4)68(93)78-41-65(90)102-72/h6-23,45-46,54-59,90H,24-44H2,1-5H3,(H,73,85)(H,74,91)(H,75,88)(H,76,89)(H,77,92)(H,78,93)(H,79,86)(H,80,87)(H,81,94)(H,82,95)(H,83,96)/p-1. The molecule has 0 heterocycles. The molecule has 102 heavy (non-hydrogen) atoms. The Morgan fingerprint density at radius 3 is 1.33 bits per heavy atom. The molecule has 5 atom stereocenters. The van der Waals surface area contributed by atoms with E-state index < -0.39 is 122 Å². The number of carbonyl (C=O) groups excluding carboxylic acids is 12. The summed E-state index contributed by atoms with van der Waals surface area (Å²) < 4.78 is 27.7. The Bertz CT molecular complexity index is 3400. The molecule has 1 aliphatic carbocycles. The fraction of sp³-hybridized carbons (Fsp3) is 0.479. The summed E-state index contributed by atoms with van der Waals surface area (Å²) in [5.41, 5.74) is 5.26. The number of Topliss-reactive ketones (excluding diaryl/α,β-unsaturated/α-hetero) is 1. The van der Waals surface area contributed by atoms with Crippen molar-refractivity contribution < 1.29 is 86.3 Å². The number of nitrogens with one attached hydrogen (secondary N) is 11. The van der Waals surface area contributed by atoms with Crippen molar-refractivity contribution in [1.82, 2.24) is 58.5 Å². The Labute approximate surface area is 608 Å². The highest BCUT2D eigenvalue weighted by Crippen LogP contribution is 2.44. The minimum absolute atomic E-state index is 0.000763. The maximum absolute atomic E-state index is 13.6. The predicted octanol–water partition coefficient (Wildman–Crippen LogP) is 1.33. The van der Waals surface area contributed by atoms with Crippen molar-refractivity contribution in [2.75, 3.05) is 98.7 Å². The first-order valence-corrected chi connectivity index (χ1v) is 37.3. The quantitative estimate of drug-likeness (QED) is 0.0169. The zero-order chi connectivity index (χ0) is 74.2. The van der Waals surface area contributed by atoms with Crippen LogP contribution in [0.4, 0.5) is 4.79 Å². The van der Waals surface area contributed by atoms with Crippen molar-refractivity contribution in [2.45, 2.75) is 109 Å². The number of carbonyl (C=O) groups is 12. The normalized spacial score (nSPS) is 13.1. The van der Waals surface area contributed by atoms with Crippen LogP contribution in [0.15, 0.2) is 109 Å². The van der Waals surface area contributed by atoms with Gasteiger partial charge in [-0.3, -0.25) is 52.7 Å². The number of ether oxygens (including phenoxy) is 5. The first kappa shape index (κ1) is 83.9. The number of amides is 11. The minimum Gasteiger partial charge on any atom is -0.825 e. The van der Waals surface area contributed by atoms with Crippen LogP contribution in [-0.2, 0) is 89.3 Å². The Hall–Kier alpha value is -8.78.